The second-order valence-corrected chi connectivity index (χ2v) is 1.96. The van der Waals surface area contributed by atoms with Gasteiger partial charge in [-0.3, -0.25) is 10.0 Å². The third-order valence-electron chi connectivity index (χ3n) is 0.493. The number of rotatable bonds is 3. The molecule has 0 spiro atoms. The topological polar surface area (TPSA) is 95.5 Å². The van der Waals surface area contributed by atoms with Crippen molar-refractivity contribution in [3.8, 4) is 0 Å². The van der Waals surface area contributed by atoms with Crippen molar-refractivity contribution in [3.05, 3.63) is 0 Å². The van der Waals surface area contributed by atoms with E-state index in [4.69, 9.17) is 5.21 Å². The molecule has 9 heavy (non-hydrogen) atoms. The molecule has 6 nitrogen and oxygen atoms in total. The van der Waals surface area contributed by atoms with Gasteiger partial charge in [-0.1, -0.05) is 0 Å². The number of hydrogen-bond donors (Lipinski definition) is 3. The van der Waals surface area contributed by atoms with Gasteiger partial charge in [-0.15, -0.1) is 0 Å². The Morgan fingerprint density at radius 1 is 1.56 bits per heavy atom. The predicted octanol–water partition coefficient (Wildman–Crippen LogP) is -0.831. The van der Waals surface area contributed by atoms with Crippen molar-refractivity contribution in [1.29, 1.82) is 0 Å². The number of nitrogens with one attached hydrogen (secondary N) is 2. The highest BCUT2D eigenvalue weighted by molar-refractivity contribution is 7.28. The molecule has 0 saturated carbocycles. The summed E-state index contributed by atoms with van der Waals surface area (Å²) in [6.07, 6.45) is 0. The van der Waals surface area contributed by atoms with E-state index < -0.39 is 20.3 Å². The first kappa shape index (κ1) is 8.29. The van der Waals surface area contributed by atoms with Crippen molar-refractivity contribution in [3.63, 3.8) is 0 Å². The molecule has 0 aliphatic carbocycles. The molecule has 52 valence electrons. The summed E-state index contributed by atoms with van der Waals surface area (Å²) in [5, 5.41) is 9.59. The molecule has 7 heteroatoms. The van der Waals surface area contributed by atoms with Crippen LogP contribution in [0.15, 0.2) is 0 Å². The third kappa shape index (κ3) is 5.16. The Morgan fingerprint density at radius 3 is 2.44 bits per heavy atom. The van der Waals surface area contributed by atoms with E-state index in [2.05, 4.69) is 0 Å². The Morgan fingerprint density at radius 2 is 2.11 bits per heavy atom. The van der Waals surface area contributed by atoms with Gasteiger partial charge in [0.1, 0.15) is 0 Å². The van der Waals surface area contributed by atoms with Gasteiger partial charge in [0, 0.05) is 0 Å². The molecule has 0 radical (unpaired) electrons. The van der Waals surface area contributed by atoms with Gasteiger partial charge in [0.15, 0.2) is 0 Å². The summed E-state index contributed by atoms with van der Waals surface area (Å²) in [7, 11) is -2.76. The predicted molar refractivity (Wildman–Crippen MR) is 26.2 cm³/mol. The summed E-state index contributed by atoms with van der Waals surface area (Å²) in [5.74, 6) is -0.797. The van der Waals surface area contributed by atoms with Crippen molar-refractivity contribution in [2.45, 2.75) is 0 Å². The first-order chi connectivity index (χ1) is 4.16. The minimum Gasteiger partial charge on any atom is -0.289 e. The van der Waals surface area contributed by atoms with Crippen molar-refractivity contribution >= 4 is 13.7 Å². The molecule has 0 fully saturated rings. The quantitative estimate of drug-likeness (QED) is 0.278. The van der Waals surface area contributed by atoms with Gasteiger partial charge in [-0.25, -0.2) is 19.7 Å². The maximum atomic E-state index is 10.0. The summed E-state index contributed by atoms with van der Waals surface area (Å²) in [4.78, 5) is 10.0. The summed E-state index contributed by atoms with van der Waals surface area (Å²) in [6, 6.07) is 0. The molecule has 0 aromatic rings. The van der Waals surface area contributed by atoms with Crippen LogP contribution < -0.4 is 10.6 Å². The highest BCUT2D eigenvalue weighted by atomic mass is 31.1. The molecule has 0 aromatic heterocycles. The highest BCUT2D eigenvalue weighted by Crippen LogP contribution is 1.89. The largest absolute Gasteiger partial charge is 0.396 e. The van der Waals surface area contributed by atoms with E-state index in [9.17, 15) is 13.9 Å². The fourth-order valence-corrected chi connectivity index (χ4v) is 0.449. The van der Waals surface area contributed by atoms with Gasteiger partial charge in [-0.2, -0.15) is 0 Å². The average molecular weight is 152 g/mol. The lowest BCUT2D eigenvalue weighted by Crippen LogP contribution is -2.27. The molecule has 0 saturated heterocycles. The van der Waals surface area contributed by atoms with Crippen LogP contribution in [0.4, 0.5) is 0 Å². The van der Waals surface area contributed by atoms with Crippen LogP contribution in [-0.2, 0) is 13.9 Å². The van der Waals surface area contributed by atoms with Crippen molar-refractivity contribution in [2.24, 2.45) is 0 Å². The summed E-state index contributed by atoms with van der Waals surface area (Å²) < 4.78 is 19.4. The maximum absolute atomic E-state index is 10.0. The van der Waals surface area contributed by atoms with Gasteiger partial charge < -0.3 is 0 Å². The van der Waals surface area contributed by atoms with Gasteiger partial charge in [0.05, 0.1) is 6.54 Å². The normalized spacial score (nSPS) is 8.56. The Labute approximate surface area is 51.1 Å². The molecule has 3 N–H and O–H groups in total. The van der Waals surface area contributed by atoms with E-state index in [1.54, 1.807) is 5.09 Å². The molecule has 0 aliphatic heterocycles. The van der Waals surface area contributed by atoms with Crippen molar-refractivity contribution < 1.29 is 19.1 Å². The van der Waals surface area contributed by atoms with Crippen LogP contribution >= 0.6 is 7.83 Å². The van der Waals surface area contributed by atoms with E-state index in [0.29, 0.717) is 0 Å². The minimum atomic E-state index is -2.76. The smallest absolute Gasteiger partial charge is 0.289 e. The Hall–Kier alpha value is -0.710. The van der Waals surface area contributed by atoms with Crippen LogP contribution in [0.25, 0.3) is 0 Å². The fourth-order valence-electron chi connectivity index (χ4n) is 0.176. The van der Waals surface area contributed by atoms with E-state index in [-0.39, 0.29) is 0 Å². The number of carbonyl (C=O) groups excluding carboxylic acids is 1. The molecule has 0 bridgehead atoms. The van der Waals surface area contributed by atoms with E-state index in [1.165, 1.54) is 5.48 Å². The molecule has 0 atom stereocenters. The number of hydrogen-bond acceptors (Lipinski definition) is 4. The standard InChI is InChI=1S/C2H5N2O4P/c5-2(4-6)1-3-9(7)8/h6H,1H2,(H,4,5)(H,3,7,8). The van der Waals surface area contributed by atoms with E-state index in [0.717, 1.165) is 0 Å². The van der Waals surface area contributed by atoms with Crippen LogP contribution in [0.5, 0.6) is 0 Å². The lowest BCUT2D eigenvalue weighted by atomic mass is 10.7. The Bertz CT molecular complexity index is 156. The first-order valence-electron chi connectivity index (χ1n) is 1.97. The lowest BCUT2D eigenvalue weighted by molar-refractivity contribution is -0.127. The van der Waals surface area contributed by atoms with Crippen molar-refractivity contribution in [1.82, 2.24) is 10.6 Å². The second-order valence-electron chi connectivity index (χ2n) is 1.13. The molecular weight excluding hydrogens is 147 g/mol. The zero-order valence-corrected chi connectivity index (χ0v) is 5.22. The number of hydroxylamine groups is 1. The Kier molecular flexibility index (Phi) is 3.87. The average Bonchev–Trinajstić information content (AvgIpc) is 1.83. The Balaban J connectivity index is 3.39. The number of amides is 1. The van der Waals surface area contributed by atoms with E-state index >= 15 is 0 Å². The highest BCUT2D eigenvalue weighted by Gasteiger charge is 1.97. The molecule has 0 aromatic carbocycles. The molecule has 1 amide bonds. The third-order valence-corrected chi connectivity index (χ3v) is 0.910. The first-order valence-corrected chi connectivity index (χ1v) is 3.15. The van der Waals surface area contributed by atoms with Crippen molar-refractivity contribution in [2.75, 3.05) is 6.54 Å². The van der Waals surface area contributed by atoms with Gasteiger partial charge >= 0.3 is 7.83 Å². The molecular formula is C2H5N2O4P. The van der Waals surface area contributed by atoms with Crippen LogP contribution in [0.3, 0.4) is 0 Å². The zero-order valence-electron chi connectivity index (χ0n) is 4.33. The van der Waals surface area contributed by atoms with Crippen LogP contribution in [0, 0.1) is 0 Å². The van der Waals surface area contributed by atoms with Gasteiger partial charge in [-0.05, 0) is 0 Å². The summed E-state index contributed by atoms with van der Waals surface area (Å²) in [6.45, 7) is -0.435. The summed E-state index contributed by atoms with van der Waals surface area (Å²) in [5.41, 5.74) is 1.25. The van der Waals surface area contributed by atoms with Gasteiger partial charge in [0.25, 0.3) is 5.91 Å². The van der Waals surface area contributed by atoms with Gasteiger partial charge in [0.2, 0.25) is 0 Å². The molecule has 0 unspecified atom stereocenters. The SMILES string of the molecule is O=C(CNP(=O)=O)NO. The zero-order chi connectivity index (χ0) is 7.28. The lowest BCUT2D eigenvalue weighted by Gasteiger charge is -1.91. The van der Waals surface area contributed by atoms with Crippen LogP contribution in [0.2, 0.25) is 0 Å². The maximum Gasteiger partial charge on any atom is 0.396 e. The van der Waals surface area contributed by atoms with Crippen LogP contribution in [0.1, 0.15) is 0 Å². The minimum absolute atomic E-state index is 0.435. The fraction of sp³-hybridized carbons (Fsp3) is 0.500. The molecule has 0 aliphatic rings. The molecule has 0 rings (SSSR count). The molecule has 0 heterocycles. The second kappa shape index (κ2) is 4.20. The van der Waals surface area contributed by atoms with Crippen LogP contribution in [-0.4, -0.2) is 17.7 Å². The number of carbonyl (C=O) groups is 1. The van der Waals surface area contributed by atoms with E-state index in [1.807, 2.05) is 0 Å². The summed E-state index contributed by atoms with van der Waals surface area (Å²) >= 11 is 0. The monoisotopic (exact) mass is 152 g/mol.